The third-order valence-electron chi connectivity index (χ3n) is 4.53. The zero-order chi connectivity index (χ0) is 17.4. The lowest BCUT2D eigenvalue weighted by molar-refractivity contribution is -0.701. The zero-order valence-electron chi connectivity index (χ0n) is 14.5. The molecule has 0 saturated carbocycles. The van der Waals surface area contributed by atoms with Gasteiger partial charge < -0.3 is 9.87 Å². The van der Waals surface area contributed by atoms with E-state index in [0.717, 1.165) is 17.6 Å². The van der Waals surface area contributed by atoms with Crippen LogP contribution in [0.3, 0.4) is 0 Å². The van der Waals surface area contributed by atoms with E-state index < -0.39 is 11.1 Å². The Labute approximate surface area is 147 Å². The Balaban J connectivity index is 0.000000185. The molecule has 2 N–H and O–H groups in total. The molecule has 3 atom stereocenters. The van der Waals surface area contributed by atoms with Gasteiger partial charge in [0.2, 0.25) is 0 Å². The van der Waals surface area contributed by atoms with Crippen molar-refractivity contribution < 1.29 is 14.1 Å². The molecule has 2 aromatic rings. The van der Waals surface area contributed by atoms with Crippen LogP contribution in [0.25, 0.3) is 0 Å². The minimum absolute atomic E-state index is 0.339. The summed E-state index contributed by atoms with van der Waals surface area (Å²) in [5.41, 5.74) is 2.56. The third-order valence-corrected chi connectivity index (χ3v) is 5.19. The highest BCUT2D eigenvalue weighted by Crippen LogP contribution is 2.11. The first-order valence-corrected chi connectivity index (χ1v) is 9.70. The first-order valence-electron chi connectivity index (χ1n) is 8.63. The first kappa shape index (κ1) is 18.8. The van der Waals surface area contributed by atoms with Crippen LogP contribution >= 0.6 is 0 Å². The molecule has 1 aliphatic heterocycles. The second kappa shape index (κ2) is 9.72. The molecule has 4 heteroatoms. The van der Waals surface area contributed by atoms with E-state index in [1.165, 1.54) is 31.2 Å². The van der Waals surface area contributed by atoms with Gasteiger partial charge >= 0.3 is 0 Å². The van der Waals surface area contributed by atoms with Crippen molar-refractivity contribution in [2.75, 3.05) is 0 Å². The molecule has 24 heavy (non-hydrogen) atoms. The second-order valence-corrected chi connectivity index (χ2v) is 7.38. The van der Waals surface area contributed by atoms with Crippen LogP contribution in [0.1, 0.15) is 37.3 Å². The number of nitrogens with two attached hydrogens (primary N) is 1. The Hall–Kier alpha value is -1.49. The number of hydrogen-bond acceptors (Lipinski definition) is 2. The summed E-state index contributed by atoms with van der Waals surface area (Å²) in [6, 6.07) is 19.3. The van der Waals surface area contributed by atoms with E-state index in [1.54, 1.807) is 24.3 Å². The van der Waals surface area contributed by atoms with E-state index in [4.69, 9.17) is 0 Å². The minimum atomic E-state index is -2.09. The summed E-state index contributed by atoms with van der Waals surface area (Å²) < 4.78 is 20.6. The van der Waals surface area contributed by atoms with Crippen molar-refractivity contribution >= 4 is 11.1 Å². The summed E-state index contributed by atoms with van der Waals surface area (Å²) in [5.74, 6) is 0. The topological polar surface area (TPSA) is 56.7 Å². The highest BCUT2D eigenvalue weighted by Gasteiger charge is 2.26. The third kappa shape index (κ3) is 6.19. The van der Waals surface area contributed by atoms with Gasteiger partial charge in [-0.2, -0.15) is 0 Å². The number of aryl methyl sites for hydroxylation is 1. The van der Waals surface area contributed by atoms with Crippen molar-refractivity contribution in [2.45, 2.75) is 56.5 Å². The molecule has 0 bridgehead atoms. The molecule has 1 aliphatic rings. The van der Waals surface area contributed by atoms with Crippen molar-refractivity contribution in [2.24, 2.45) is 0 Å². The van der Waals surface area contributed by atoms with Gasteiger partial charge in [-0.25, -0.2) is 0 Å². The van der Waals surface area contributed by atoms with Crippen LogP contribution in [0.2, 0.25) is 0 Å². The molecule has 0 radical (unpaired) electrons. The van der Waals surface area contributed by atoms with E-state index in [0.29, 0.717) is 4.90 Å². The molecular weight excluding hydrogens is 318 g/mol. The van der Waals surface area contributed by atoms with Gasteiger partial charge in [-0.1, -0.05) is 55.0 Å². The molecule has 3 nitrogen and oxygen atoms in total. The van der Waals surface area contributed by atoms with Crippen LogP contribution < -0.4 is 5.32 Å². The van der Waals surface area contributed by atoms with Crippen LogP contribution in [0, 0.1) is 6.92 Å². The molecule has 3 rings (SSSR count). The summed E-state index contributed by atoms with van der Waals surface area (Å²) in [6.07, 6.45) is 5.38. The van der Waals surface area contributed by atoms with Crippen LogP contribution in [0.4, 0.5) is 0 Å². The maximum absolute atomic E-state index is 10.3. The average Bonchev–Trinajstić information content (AvgIpc) is 3.04. The number of hydrogen-bond donors (Lipinski definition) is 1. The molecule has 0 aliphatic carbocycles. The quantitative estimate of drug-likeness (QED) is 0.866. The molecular formula is C20H27NO2S. The van der Waals surface area contributed by atoms with Gasteiger partial charge in [-0.05, 0) is 42.1 Å². The van der Waals surface area contributed by atoms with E-state index >= 15 is 0 Å². The van der Waals surface area contributed by atoms with Crippen molar-refractivity contribution in [3.8, 4) is 0 Å². The fourth-order valence-corrected chi connectivity index (χ4v) is 3.44. The molecule has 2 aromatic carbocycles. The SMILES string of the molecule is CC[C@@H]1CC[C@H](Cc2ccccc2)[NH2+]1.Cc1ccc(S(=O)[O-])cc1. The van der Waals surface area contributed by atoms with E-state index in [9.17, 15) is 8.76 Å². The zero-order valence-corrected chi connectivity index (χ0v) is 15.3. The Morgan fingerprint density at radius 3 is 2.21 bits per heavy atom. The van der Waals surface area contributed by atoms with Gasteiger partial charge in [0, 0.05) is 24.2 Å². The highest BCUT2D eigenvalue weighted by molar-refractivity contribution is 7.79. The maximum atomic E-state index is 10.3. The van der Waals surface area contributed by atoms with E-state index in [2.05, 4.69) is 42.6 Å². The van der Waals surface area contributed by atoms with Gasteiger partial charge in [0.05, 0.1) is 12.1 Å². The van der Waals surface area contributed by atoms with Gasteiger partial charge in [0.1, 0.15) is 0 Å². The molecule has 130 valence electrons. The van der Waals surface area contributed by atoms with Crippen molar-refractivity contribution in [1.82, 2.24) is 0 Å². The maximum Gasteiger partial charge on any atom is 0.0904 e. The smallest absolute Gasteiger partial charge is 0.0904 e. The standard InChI is InChI=1S/C13H19N.C7H8O2S/c1-2-12-8-9-13(14-12)10-11-6-4-3-5-7-11;1-6-2-4-7(5-3-6)10(8)9/h3-7,12-14H,2,8-10H2,1H3;2-5H,1H3,(H,8,9)/t12-,13-;/m1./s1. The molecule has 1 unspecified atom stereocenters. The van der Waals surface area contributed by atoms with Gasteiger partial charge in [-0.15, -0.1) is 0 Å². The largest absolute Gasteiger partial charge is 0.768 e. The molecule has 0 amide bonds. The summed E-state index contributed by atoms with van der Waals surface area (Å²) in [4.78, 5) is 0.339. The monoisotopic (exact) mass is 345 g/mol. The summed E-state index contributed by atoms with van der Waals surface area (Å²) in [5, 5.41) is 2.58. The van der Waals surface area contributed by atoms with Crippen molar-refractivity contribution in [1.29, 1.82) is 0 Å². The normalized spacial score (nSPS) is 21.0. The van der Waals surface area contributed by atoms with Crippen LogP contribution in [0.15, 0.2) is 59.5 Å². The lowest BCUT2D eigenvalue weighted by atomic mass is 10.0. The van der Waals surface area contributed by atoms with Gasteiger partial charge in [0.25, 0.3) is 0 Å². The molecule has 0 spiro atoms. The summed E-state index contributed by atoms with van der Waals surface area (Å²) in [7, 11) is 0. The fourth-order valence-electron chi connectivity index (χ4n) is 3.08. The Bertz CT molecular complexity index is 628. The van der Waals surface area contributed by atoms with Gasteiger partial charge in [-0.3, -0.25) is 4.21 Å². The molecule has 0 aromatic heterocycles. The Morgan fingerprint density at radius 2 is 1.67 bits per heavy atom. The molecule has 1 saturated heterocycles. The van der Waals surface area contributed by atoms with Gasteiger partial charge in [0.15, 0.2) is 0 Å². The van der Waals surface area contributed by atoms with Crippen molar-refractivity contribution in [3.63, 3.8) is 0 Å². The predicted octanol–water partition coefficient (Wildman–Crippen LogP) is 2.97. The molecule has 1 fully saturated rings. The summed E-state index contributed by atoms with van der Waals surface area (Å²) >= 11 is -2.09. The van der Waals surface area contributed by atoms with Crippen LogP contribution in [-0.4, -0.2) is 20.8 Å². The number of rotatable bonds is 4. The second-order valence-electron chi connectivity index (χ2n) is 6.44. The lowest BCUT2D eigenvalue weighted by Gasteiger charge is -2.09. The number of benzene rings is 2. The van der Waals surface area contributed by atoms with Crippen molar-refractivity contribution in [3.05, 3.63) is 65.7 Å². The fraction of sp³-hybridized carbons (Fsp3) is 0.400. The first-order chi connectivity index (χ1) is 11.6. The van der Waals surface area contributed by atoms with Crippen LogP contribution in [0.5, 0.6) is 0 Å². The molecule has 1 heterocycles. The Morgan fingerprint density at radius 1 is 1.04 bits per heavy atom. The Kier molecular flexibility index (Phi) is 7.63. The lowest BCUT2D eigenvalue weighted by Crippen LogP contribution is -2.91. The highest BCUT2D eigenvalue weighted by atomic mass is 32.2. The van der Waals surface area contributed by atoms with E-state index in [-0.39, 0.29) is 0 Å². The number of quaternary nitrogens is 1. The minimum Gasteiger partial charge on any atom is -0.768 e. The average molecular weight is 346 g/mol. The predicted molar refractivity (Wildman–Crippen MR) is 97.5 cm³/mol. The van der Waals surface area contributed by atoms with E-state index in [1.807, 2.05) is 6.92 Å². The summed E-state index contributed by atoms with van der Waals surface area (Å²) in [6.45, 7) is 4.21. The van der Waals surface area contributed by atoms with Crippen LogP contribution in [-0.2, 0) is 17.5 Å².